The first-order valence-corrected chi connectivity index (χ1v) is 11.9. The molecular formula is C29H32O2. The maximum absolute atomic E-state index is 13.0. The Kier molecular flexibility index (Phi) is 5.33. The molecule has 0 spiro atoms. The number of hydrogen-bond donors (Lipinski definition) is 0. The Bertz CT molecular complexity index is 1220. The third-order valence-electron chi connectivity index (χ3n) is 7.82. The quantitative estimate of drug-likeness (QED) is 0.245. The summed E-state index contributed by atoms with van der Waals surface area (Å²) in [5.41, 5.74) is 1.11. The largest absolute Gasteiger partial charge is 0.458 e. The fourth-order valence-electron chi connectivity index (χ4n) is 5.72. The molecule has 0 aromatic heterocycles. The van der Waals surface area contributed by atoms with Gasteiger partial charge in [0.15, 0.2) is 0 Å². The van der Waals surface area contributed by atoms with Gasteiger partial charge in [0.1, 0.15) is 6.10 Å². The van der Waals surface area contributed by atoms with Crippen LogP contribution < -0.4 is 0 Å². The van der Waals surface area contributed by atoms with Crippen molar-refractivity contribution in [3.8, 4) is 0 Å². The van der Waals surface area contributed by atoms with E-state index in [1.54, 1.807) is 0 Å². The second kappa shape index (κ2) is 8.15. The lowest BCUT2D eigenvalue weighted by Gasteiger charge is -2.31. The van der Waals surface area contributed by atoms with Crippen LogP contribution >= 0.6 is 0 Å². The molecule has 4 aromatic carbocycles. The maximum Gasteiger partial charge on any atom is 0.309 e. The molecule has 0 saturated heterocycles. The van der Waals surface area contributed by atoms with E-state index < -0.39 is 0 Å². The summed E-state index contributed by atoms with van der Waals surface area (Å²) in [5.74, 6) is 1.56. The fraction of sp³-hybridized carbons (Fsp3) is 0.414. The summed E-state index contributed by atoms with van der Waals surface area (Å²) in [4.78, 5) is 13.0. The summed E-state index contributed by atoms with van der Waals surface area (Å²) in [6, 6.07) is 19.5. The minimum Gasteiger partial charge on any atom is -0.458 e. The summed E-state index contributed by atoms with van der Waals surface area (Å²) in [7, 11) is 0. The van der Waals surface area contributed by atoms with Crippen LogP contribution in [0, 0.1) is 17.8 Å². The molecule has 5 rings (SSSR count). The molecular weight excluding hydrogens is 380 g/mol. The van der Waals surface area contributed by atoms with E-state index in [0.717, 1.165) is 43.1 Å². The molecule has 0 aliphatic heterocycles. The lowest BCUT2D eigenvalue weighted by molar-refractivity contribution is -0.155. The standard InChI is InChI=1S/C29H32O2/c1-4-18(2)20-11-15-23(16-12-20)29(30)31-19(3)26-17-24-9-5-7-21-13-14-22-8-6-10-25(26)28(22)27(21)24/h5-10,13-14,17-20,23H,4,11-12,15-16H2,1-3H3. The van der Waals surface area contributed by atoms with Crippen LogP contribution in [0.1, 0.15) is 64.5 Å². The maximum atomic E-state index is 13.0. The third kappa shape index (κ3) is 3.56. The second-order valence-electron chi connectivity index (χ2n) is 9.59. The Morgan fingerprint density at radius 3 is 2.26 bits per heavy atom. The molecule has 0 bridgehead atoms. The smallest absolute Gasteiger partial charge is 0.309 e. The molecule has 1 fully saturated rings. The Balaban J connectivity index is 1.42. The van der Waals surface area contributed by atoms with Crippen LogP contribution in [0.2, 0.25) is 0 Å². The molecule has 0 heterocycles. The summed E-state index contributed by atoms with van der Waals surface area (Å²) in [6.45, 7) is 6.64. The van der Waals surface area contributed by atoms with Gasteiger partial charge in [0.25, 0.3) is 0 Å². The monoisotopic (exact) mass is 412 g/mol. The molecule has 1 saturated carbocycles. The summed E-state index contributed by atoms with van der Waals surface area (Å²) in [5, 5.41) is 7.50. The number of carbonyl (C=O) groups is 1. The topological polar surface area (TPSA) is 26.3 Å². The Morgan fingerprint density at radius 1 is 0.903 bits per heavy atom. The summed E-state index contributed by atoms with van der Waals surface area (Å²) >= 11 is 0. The SMILES string of the molecule is CCC(C)C1CCC(C(=O)OC(C)c2cc3cccc4ccc5cccc2c5c43)CC1. The number of ether oxygens (including phenoxy) is 1. The van der Waals surface area contributed by atoms with Crippen molar-refractivity contribution < 1.29 is 9.53 Å². The zero-order chi connectivity index (χ0) is 21.5. The summed E-state index contributed by atoms with van der Waals surface area (Å²) < 4.78 is 6.09. The molecule has 1 aliphatic rings. The molecule has 160 valence electrons. The Labute approximate surface area is 184 Å². The zero-order valence-corrected chi connectivity index (χ0v) is 18.9. The van der Waals surface area contributed by atoms with Gasteiger partial charge in [-0.25, -0.2) is 0 Å². The minimum atomic E-state index is -0.256. The van der Waals surface area contributed by atoms with E-state index in [0.29, 0.717) is 0 Å². The molecule has 2 nitrogen and oxygen atoms in total. The molecule has 2 unspecified atom stereocenters. The molecule has 4 aromatic rings. The van der Waals surface area contributed by atoms with Crippen LogP contribution in [0.3, 0.4) is 0 Å². The molecule has 31 heavy (non-hydrogen) atoms. The number of rotatable bonds is 5. The zero-order valence-electron chi connectivity index (χ0n) is 18.9. The van der Waals surface area contributed by atoms with Gasteiger partial charge in [-0.15, -0.1) is 0 Å². The van der Waals surface area contributed by atoms with Crippen LogP contribution in [-0.2, 0) is 9.53 Å². The van der Waals surface area contributed by atoms with Gasteiger partial charge < -0.3 is 4.74 Å². The van der Waals surface area contributed by atoms with Crippen molar-refractivity contribution >= 4 is 38.3 Å². The second-order valence-corrected chi connectivity index (χ2v) is 9.59. The first kappa shape index (κ1) is 20.3. The van der Waals surface area contributed by atoms with E-state index in [1.807, 2.05) is 6.92 Å². The van der Waals surface area contributed by atoms with Crippen LogP contribution in [0.4, 0.5) is 0 Å². The van der Waals surface area contributed by atoms with Crippen LogP contribution in [0.15, 0.2) is 54.6 Å². The van der Waals surface area contributed by atoms with Crippen molar-refractivity contribution in [3.05, 3.63) is 60.2 Å². The number of hydrogen-bond acceptors (Lipinski definition) is 2. The lowest BCUT2D eigenvalue weighted by Crippen LogP contribution is -2.26. The van der Waals surface area contributed by atoms with Gasteiger partial charge >= 0.3 is 5.97 Å². The van der Waals surface area contributed by atoms with Gasteiger partial charge in [0.05, 0.1) is 5.92 Å². The van der Waals surface area contributed by atoms with Crippen molar-refractivity contribution in [1.82, 2.24) is 0 Å². The molecule has 2 atom stereocenters. The van der Waals surface area contributed by atoms with Gasteiger partial charge in [-0.3, -0.25) is 4.79 Å². The minimum absolute atomic E-state index is 0.0137. The van der Waals surface area contributed by atoms with E-state index in [2.05, 4.69) is 68.4 Å². The van der Waals surface area contributed by atoms with Gasteiger partial charge in [-0.1, -0.05) is 68.8 Å². The van der Waals surface area contributed by atoms with E-state index >= 15 is 0 Å². The van der Waals surface area contributed by atoms with Crippen molar-refractivity contribution in [1.29, 1.82) is 0 Å². The summed E-state index contributed by atoms with van der Waals surface area (Å²) in [6.07, 6.45) is 5.22. The number of esters is 1. The predicted molar refractivity (Wildman–Crippen MR) is 130 cm³/mol. The third-order valence-corrected chi connectivity index (χ3v) is 7.82. The van der Waals surface area contributed by atoms with Crippen molar-refractivity contribution in [2.75, 3.05) is 0 Å². The van der Waals surface area contributed by atoms with Crippen LogP contribution in [-0.4, -0.2) is 5.97 Å². The average molecular weight is 413 g/mol. The van der Waals surface area contributed by atoms with Gasteiger partial charge in [-0.2, -0.15) is 0 Å². The van der Waals surface area contributed by atoms with Crippen molar-refractivity contribution in [3.63, 3.8) is 0 Å². The van der Waals surface area contributed by atoms with Crippen LogP contribution in [0.25, 0.3) is 32.3 Å². The molecule has 2 heteroatoms. The van der Waals surface area contributed by atoms with Gasteiger partial charge in [-0.05, 0) is 82.8 Å². The first-order chi connectivity index (χ1) is 15.1. The molecule has 0 N–H and O–H groups in total. The van der Waals surface area contributed by atoms with Crippen molar-refractivity contribution in [2.45, 2.75) is 59.0 Å². The highest BCUT2D eigenvalue weighted by Gasteiger charge is 2.30. The van der Waals surface area contributed by atoms with Crippen molar-refractivity contribution in [2.24, 2.45) is 17.8 Å². The molecule has 0 radical (unpaired) electrons. The van der Waals surface area contributed by atoms with E-state index in [4.69, 9.17) is 4.74 Å². The number of carbonyl (C=O) groups excluding carboxylic acids is 1. The Morgan fingerprint density at radius 2 is 1.55 bits per heavy atom. The van der Waals surface area contributed by atoms with Gasteiger partial charge in [0.2, 0.25) is 0 Å². The number of benzene rings is 4. The fourth-order valence-corrected chi connectivity index (χ4v) is 5.72. The Hall–Kier alpha value is -2.61. The molecule has 0 amide bonds. The highest BCUT2D eigenvalue weighted by Crippen LogP contribution is 2.40. The van der Waals surface area contributed by atoms with Gasteiger partial charge in [0, 0.05) is 5.56 Å². The first-order valence-electron chi connectivity index (χ1n) is 11.9. The van der Waals surface area contributed by atoms with E-state index in [-0.39, 0.29) is 18.0 Å². The highest BCUT2D eigenvalue weighted by atomic mass is 16.5. The van der Waals surface area contributed by atoms with Crippen LogP contribution in [0.5, 0.6) is 0 Å². The highest BCUT2D eigenvalue weighted by molar-refractivity contribution is 6.23. The normalized spacial score (nSPS) is 21.5. The molecule has 1 aliphatic carbocycles. The lowest BCUT2D eigenvalue weighted by atomic mass is 9.75. The van der Waals surface area contributed by atoms with E-state index in [1.165, 1.54) is 38.7 Å². The predicted octanol–water partition coefficient (Wildman–Crippen LogP) is 8.04. The van der Waals surface area contributed by atoms with E-state index in [9.17, 15) is 4.79 Å². The average Bonchev–Trinajstić information content (AvgIpc) is 2.81.